The number of Topliss-reactive ketones (excluding diaryl/α,β-unsaturated/α-hetero) is 1. The number of hydrogen-bond donors (Lipinski definition) is 0. The molecule has 7 aliphatic heterocycles. The van der Waals surface area contributed by atoms with Gasteiger partial charge >= 0.3 is 0 Å². The Bertz CT molecular complexity index is 1170. The van der Waals surface area contributed by atoms with E-state index in [0.29, 0.717) is 32.0 Å². The molecule has 0 saturated carbocycles. The lowest BCUT2D eigenvalue weighted by molar-refractivity contribution is -0.273. The Morgan fingerprint density at radius 1 is 0.917 bits per heavy atom. The van der Waals surface area contributed by atoms with E-state index in [2.05, 4.69) is 49.6 Å². The highest BCUT2D eigenvalue weighted by molar-refractivity contribution is 14.1. The molecule has 0 aromatic carbocycles. The average Bonchev–Trinajstić information content (AvgIpc) is 3.77. The van der Waals surface area contributed by atoms with Crippen LogP contribution in [0, 0.1) is 11.8 Å². The minimum absolute atomic E-state index is 0.0175. The van der Waals surface area contributed by atoms with Crippen LogP contribution in [0.2, 0.25) is 0 Å². The summed E-state index contributed by atoms with van der Waals surface area (Å²) < 4.78 is 51.6. The molecule has 7 aliphatic rings. The first-order valence-corrected chi connectivity index (χ1v) is 20.0. The zero-order valence-corrected chi connectivity index (χ0v) is 31.3. The van der Waals surface area contributed by atoms with Crippen LogP contribution >= 0.6 is 22.6 Å². The van der Waals surface area contributed by atoms with E-state index < -0.39 is 5.79 Å². The maximum atomic E-state index is 13.3. The van der Waals surface area contributed by atoms with Gasteiger partial charge in [-0.2, -0.15) is 0 Å². The van der Waals surface area contributed by atoms with Gasteiger partial charge in [-0.05, 0) is 74.9 Å². The molecule has 7 rings (SSSR count). The summed E-state index contributed by atoms with van der Waals surface area (Å²) >= 11 is 2.50. The van der Waals surface area contributed by atoms with Crippen molar-refractivity contribution in [1.82, 2.24) is 0 Å². The molecule has 0 aromatic rings. The van der Waals surface area contributed by atoms with Gasteiger partial charge < -0.3 is 37.9 Å². The number of fused-ring (bicyclic) bond motifs is 7. The molecule has 48 heavy (non-hydrogen) atoms. The number of hydrogen-bond acceptors (Lipinski definition) is 9. The number of methoxy groups -OCH3 is 1. The molecular formula is C38H57IO9. The summed E-state index contributed by atoms with van der Waals surface area (Å²) in [6.45, 7) is 14.1. The molecule has 7 saturated heterocycles. The Balaban J connectivity index is 0.937. The molecule has 0 N–H and O–H groups in total. The van der Waals surface area contributed by atoms with Crippen molar-refractivity contribution >= 4 is 28.4 Å². The lowest BCUT2D eigenvalue weighted by Gasteiger charge is -2.49. The van der Waals surface area contributed by atoms with Crippen LogP contribution in [0.5, 0.6) is 0 Å². The number of rotatable bonds is 12. The van der Waals surface area contributed by atoms with Crippen molar-refractivity contribution < 1.29 is 42.7 Å². The van der Waals surface area contributed by atoms with E-state index in [0.717, 1.165) is 70.6 Å². The molecule has 0 aliphatic carbocycles. The predicted molar refractivity (Wildman–Crippen MR) is 188 cm³/mol. The van der Waals surface area contributed by atoms with E-state index in [9.17, 15) is 4.79 Å². The van der Waals surface area contributed by atoms with E-state index in [-0.39, 0.29) is 82.8 Å². The fourth-order valence-corrected chi connectivity index (χ4v) is 10.7. The Morgan fingerprint density at radius 2 is 1.77 bits per heavy atom. The molecule has 0 aromatic heterocycles. The fourth-order valence-electron chi connectivity index (χ4n) is 9.50. The lowest BCUT2D eigenvalue weighted by Crippen LogP contribution is -2.62. The number of carbonyl (C=O) groups excluding carboxylic acids is 1. The summed E-state index contributed by atoms with van der Waals surface area (Å²) in [7, 11) is 1.71. The van der Waals surface area contributed by atoms with Crippen LogP contribution in [0.25, 0.3) is 0 Å². The molecule has 7 heterocycles. The first-order valence-electron chi connectivity index (χ1n) is 18.7. The maximum absolute atomic E-state index is 13.3. The van der Waals surface area contributed by atoms with Crippen LogP contribution in [-0.4, -0.2) is 103 Å². The zero-order chi connectivity index (χ0) is 33.6. The fraction of sp³-hybridized carbons (Fsp3) is 0.868. The van der Waals surface area contributed by atoms with Crippen LogP contribution < -0.4 is 0 Å². The second-order valence-corrected chi connectivity index (χ2v) is 17.1. The third kappa shape index (κ3) is 7.54. The quantitative estimate of drug-likeness (QED) is 0.126. The molecule has 15 atom stereocenters. The SMILES string of the molecule is C=C1COC(CC[C@@H]2O[C@@H](CC[C@]34CC[C@H](O3)[C@@H]3OC5CC[C@H](CC(=O)C[C@@H]6[C@@H](OC)CO[C@H]6CC)O[C@@H]5[C@H](O4)C3I)CC2=C)C[C@H]1C. The van der Waals surface area contributed by atoms with Crippen LogP contribution in [-0.2, 0) is 42.7 Å². The number of alkyl halides is 1. The first-order chi connectivity index (χ1) is 23.1. The second-order valence-electron chi connectivity index (χ2n) is 15.7. The van der Waals surface area contributed by atoms with Crippen LogP contribution in [0.1, 0.15) is 97.3 Å². The minimum Gasteiger partial charge on any atom is -0.379 e. The normalized spacial score (nSPS) is 47.2. The predicted octanol–water partition coefficient (Wildman–Crippen LogP) is 6.42. The Hall–Kier alpha value is -0.440. The topological polar surface area (TPSA) is 90.9 Å². The van der Waals surface area contributed by atoms with E-state index in [1.54, 1.807) is 7.11 Å². The van der Waals surface area contributed by atoms with Crippen molar-refractivity contribution in [2.45, 2.75) is 174 Å². The van der Waals surface area contributed by atoms with Gasteiger partial charge in [0.2, 0.25) is 0 Å². The van der Waals surface area contributed by atoms with Gasteiger partial charge in [0, 0.05) is 38.7 Å². The summed E-state index contributed by atoms with van der Waals surface area (Å²) in [5, 5.41) is 0. The molecule has 10 heteroatoms. The Morgan fingerprint density at radius 3 is 2.56 bits per heavy atom. The van der Waals surface area contributed by atoms with Gasteiger partial charge in [-0.15, -0.1) is 0 Å². The molecule has 9 nitrogen and oxygen atoms in total. The third-order valence-electron chi connectivity index (χ3n) is 12.4. The van der Waals surface area contributed by atoms with Crippen molar-refractivity contribution in [1.29, 1.82) is 0 Å². The molecule has 0 amide bonds. The summed E-state index contributed by atoms with van der Waals surface area (Å²) in [6.07, 6.45) is 10.7. The second kappa shape index (κ2) is 15.3. The molecular weight excluding hydrogens is 727 g/mol. The van der Waals surface area contributed by atoms with Crippen molar-refractivity contribution in [3.63, 3.8) is 0 Å². The van der Waals surface area contributed by atoms with Crippen LogP contribution in [0.15, 0.2) is 24.3 Å². The number of ketones is 1. The van der Waals surface area contributed by atoms with Gasteiger partial charge in [-0.3, -0.25) is 4.79 Å². The summed E-state index contributed by atoms with van der Waals surface area (Å²) in [5.41, 5.74) is 2.39. The van der Waals surface area contributed by atoms with E-state index in [1.165, 1.54) is 11.1 Å². The zero-order valence-electron chi connectivity index (χ0n) is 29.2. The highest BCUT2D eigenvalue weighted by Crippen LogP contribution is 2.50. The van der Waals surface area contributed by atoms with Gasteiger partial charge in [0.15, 0.2) is 5.79 Å². The van der Waals surface area contributed by atoms with E-state index in [4.69, 9.17) is 37.9 Å². The van der Waals surface area contributed by atoms with Gasteiger partial charge in [0.1, 0.15) is 18.0 Å². The molecule has 0 spiro atoms. The standard InChI is InChI=1S/C38H57IO9/c1-6-29-28(33(41-5)20-43-29)18-24(40)17-26-8-10-31-36(45-26)37-34(39)35(46-31)32-12-14-38(47-32,48-37)13-11-27-16-22(3)30(44-27)9-7-25-15-21(2)23(4)19-42-25/h21,25-37H,3-4,6-20H2,1-2,5H3/t21-,25?,26-,27+,28+,29+,30+,31?,32+,33+,34?,35+,36+,37-,38+/m1/s1. The summed E-state index contributed by atoms with van der Waals surface area (Å²) in [6, 6.07) is 0. The van der Waals surface area contributed by atoms with Crippen molar-refractivity contribution in [3.8, 4) is 0 Å². The van der Waals surface area contributed by atoms with Gasteiger partial charge in [0.05, 0.1) is 72.1 Å². The monoisotopic (exact) mass is 784 g/mol. The molecule has 7 fully saturated rings. The average molecular weight is 785 g/mol. The first kappa shape index (κ1) is 35.9. The maximum Gasteiger partial charge on any atom is 0.169 e. The number of carbonyl (C=O) groups is 1. The minimum atomic E-state index is -0.665. The van der Waals surface area contributed by atoms with Crippen molar-refractivity contribution in [2.75, 3.05) is 20.3 Å². The summed E-state index contributed by atoms with van der Waals surface area (Å²) in [5.74, 6) is 0.176. The largest absolute Gasteiger partial charge is 0.379 e. The molecule has 3 unspecified atom stereocenters. The highest BCUT2D eigenvalue weighted by atomic mass is 127. The van der Waals surface area contributed by atoms with Crippen LogP contribution in [0.3, 0.4) is 0 Å². The van der Waals surface area contributed by atoms with Gasteiger partial charge in [-0.1, -0.05) is 49.6 Å². The highest BCUT2D eigenvalue weighted by Gasteiger charge is 2.60. The van der Waals surface area contributed by atoms with E-state index in [1.807, 2.05) is 0 Å². The Labute approximate surface area is 300 Å². The molecule has 0 radical (unpaired) electrons. The summed E-state index contributed by atoms with van der Waals surface area (Å²) in [4.78, 5) is 13.3. The Kier molecular flexibility index (Phi) is 11.4. The smallest absolute Gasteiger partial charge is 0.169 e. The lowest BCUT2D eigenvalue weighted by atomic mass is 9.86. The number of halogens is 1. The molecule has 270 valence electrons. The molecule has 4 bridgehead atoms. The third-order valence-corrected chi connectivity index (χ3v) is 13.9. The van der Waals surface area contributed by atoms with E-state index >= 15 is 0 Å². The van der Waals surface area contributed by atoms with Gasteiger partial charge in [-0.25, -0.2) is 0 Å². The van der Waals surface area contributed by atoms with Crippen molar-refractivity contribution in [2.24, 2.45) is 11.8 Å². The van der Waals surface area contributed by atoms with Crippen LogP contribution in [0.4, 0.5) is 0 Å². The van der Waals surface area contributed by atoms with Gasteiger partial charge in [0.25, 0.3) is 0 Å². The van der Waals surface area contributed by atoms with Crippen molar-refractivity contribution in [3.05, 3.63) is 24.3 Å². The number of ether oxygens (including phenoxy) is 8.